The van der Waals surface area contributed by atoms with E-state index < -0.39 is 17.8 Å². The lowest BCUT2D eigenvalue weighted by atomic mass is 10.1. The molecule has 0 aliphatic heterocycles. The highest BCUT2D eigenvalue weighted by Gasteiger charge is 2.27. The lowest BCUT2D eigenvalue weighted by molar-refractivity contribution is -0.113. The molecule has 1 amide bonds. The summed E-state index contributed by atoms with van der Waals surface area (Å²) >= 11 is 2.04. The van der Waals surface area contributed by atoms with Crippen LogP contribution in [0.1, 0.15) is 56.5 Å². The van der Waals surface area contributed by atoms with Crippen LogP contribution in [0.4, 0.5) is 5.00 Å². The van der Waals surface area contributed by atoms with Gasteiger partial charge in [-0.1, -0.05) is 11.8 Å². The molecule has 2 rings (SSSR count). The molecule has 164 valence electrons. The minimum Gasteiger partial charge on any atom is -0.462 e. The molecule has 0 atom stereocenters. The van der Waals surface area contributed by atoms with Crippen LogP contribution in [0.5, 0.6) is 0 Å². The molecule has 1 N–H and O–H groups in total. The predicted octanol–water partition coefficient (Wildman–Crippen LogP) is 3.42. The van der Waals surface area contributed by atoms with Gasteiger partial charge in [-0.2, -0.15) is 5.26 Å². The molecule has 11 heteroatoms. The molecule has 0 radical (unpaired) electrons. The number of aromatic nitrogens is 2. The number of hydrogen-bond donors (Lipinski definition) is 1. The number of amides is 1. The summed E-state index contributed by atoms with van der Waals surface area (Å²) in [5, 5.41) is 12.6. The topological polar surface area (TPSA) is 131 Å². The zero-order valence-electron chi connectivity index (χ0n) is 17.8. The van der Waals surface area contributed by atoms with E-state index in [-0.39, 0.29) is 34.4 Å². The van der Waals surface area contributed by atoms with Crippen molar-refractivity contribution in [3.63, 3.8) is 0 Å². The highest BCUT2D eigenvalue weighted by atomic mass is 32.2. The van der Waals surface area contributed by atoms with Crippen LogP contribution in [0.3, 0.4) is 0 Å². The van der Waals surface area contributed by atoms with Gasteiger partial charge < -0.3 is 14.8 Å². The molecule has 2 aromatic heterocycles. The molecule has 2 aromatic rings. The van der Waals surface area contributed by atoms with Gasteiger partial charge in [0.05, 0.1) is 30.2 Å². The highest BCUT2D eigenvalue weighted by Crippen LogP contribution is 2.34. The molecule has 0 aliphatic carbocycles. The lowest BCUT2D eigenvalue weighted by Gasteiger charge is -2.08. The van der Waals surface area contributed by atoms with Gasteiger partial charge in [0, 0.05) is 0 Å². The third-order valence-electron chi connectivity index (χ3n) is 3.96. The van der Waals surface area contributed by atoms with Crippen LogP contribution in [0, 0.1) is 32.1 Å². The van der Waals surface area contributed by atoms with Crippen molar-refractivity contribution < 1.29 is 23.9 Å². The number of esters is 2. The molecule has 0 fully saturated rings. The first-order valence-corrected chi connectivity index (χ1v) is 11.2. The van der Waals surface area contributed by atoms with Crippen molar-refractivity contribution >= 4 is 45.9 Å². The first-order chi connectivity index (χ1) is 14.7. The Labute approximate surface area is 188 Å². The van der Waals surface area contributed by atoms with E-state index in [1.807, 2.05) is 6.07 Å². The molecule has 0 spiro atoms. The van der Waals surface area contributed by atoms with Crippen molar-refractivity contribution in [3.05, 3.63) is 33.1 Å². The van der Waals surface area contributed by atoms with Crippen molar-refractivity contribution in [2.75, 3.05) is 24.3 Å². The van der Waals surface area contributed by atoms with Crippen LogP contribution >= 0.6 is 23.1 Å². The summed E-state index contributed by atoms with van der Waals surface area (Å²) in [6, 6.07) is 2.05. The largest absolute Gasteiger partial charge is 0.462 e. The lowest BCUT2D eigenvalue weighted by Crippen LogP contribution is -2.17. The van der Waals surface area contributed by atoms with E-state index in [4.69, 9.17) is 9.47 Å². The number of carbonyl (C=O) groups is 3. The van der Waals surface area contributed by atoms with Gasteiger partial charge in [-0.25, -0.2) is 19.6 Å². The smallest absolute Gasteiger partial charge is 0.348 e. The number of nitrogens with one attached hydrogen (secondary N) is 1. The Kier molecular flexibility index (Phi) is 8.53. The van der Waals surface area contributed by atoms with E-state index in [2.05, 4.69) is 15.3 Å². The predicted molar refractivity (Wildman–Crippen MR) is 117 cm³/mol. The second-order valence-electron chi connectivity index (χ2n) is 6.19. The van der Waals surface area contributed by atoms with E-state index in [9.17, 15) is 19.6 Å². The average molecular weight is 463 g/mol. The van der Waals surface area contributed by atoms with Gasteiger partial charge >= 0.3 is 11.9 Å². The number of carbonyl (C=O) groups excluding carboxylic acids is 3. The van der Waals surface area contributed by atoms with E-state index in [1.165, 1.54) is 0 Å². The van der Waals surface area contributed by atoms with E-state index in [1.54, 1.807) is 34.6 Å². The van der Waals surface area contributed by atoms with Crippen LogP contribution in [-0.4, -0.2) is 46.8 Å². The number of nitriles is 1. The Morgan fingerprint density at radius 1 is 1.10 bits per heavy atom. The highest BCUT2D eigenvalue weighted by molar-refractivity contribution is 8.00. The van der Waals surface area contributed by atoms with E-state index in [0.717, 1.165) is 23.1 Å². The summed E-state index contributed by atoms with van der Waals surface area (Å²) in [6.07, 6.45) is 0. The Hall–Kier alpha value is -2.97. The summed E-state index contributed by atoms with van der Waals surface area (Å²) in [5.74, 6) is -1.19. The normalized spacial score (nSPS) is 10.3. The van der Waals surface area contributed by atoms with Gasteiger partial charge in [0.25, 0.3) is 0 Å². The van der Waals surface area contributed by atoms with Crippen LogP contribution in [0.15, 0.2) is 5.03 Å². The summed E-state index contributed by atoms with van der Waals surface area (Å²) in [6.45, 7) is 8.69. The Morgan fingerprint density at radius 2 is 1.74 bits per heavy atom. The minimum atomic E-state index is -0.636. The summed E-state index contributed by atoms with van der Waals surface area (Å²) in [5.41, 5.74) is 1.36. The van der Waals surface area contributed by atoms with Crippen molar-refractivity contribution in [3.8, 4) is 6.07 Å². The molecule has 0 bridgehead atoms. The Bertz CT molecular complexity index is 1060. The van der Waals surface area contributed by atoms with E-state index in [0.29, 0.717) is 27.7 Å². The second kappa shape index (κ2) is 10.9. The molecule has 0 unspecified atom stereocenters. The number of anilines is 1. The standard InChI is InChI=1S/C20H22N4O5S2/c1-6-28-19(26)15-10(3)16(20(27)29-7-2)31-18(15)24-14(25)9-30-17-13(8-21)11(4)22-12(5)23-17/h6-7,9H2,1-5H3,(H,24,25). The maximum absolute atomic E-state index is 12.6. The molecule has 31 heavy (non-hydrogen) atoms. The number of rotatable bonds is 8. The third-order valence-corrected chi connectivity index (χ3v) is 6.12. The number of nitrogens with zero attached hydrogens (tertiary/aromatic N) is 3. The van der Waals surface area contributed by atoms with Gasteiger partial charge in [0.1, 0.15) is 32.4 Å². The zero-order valence-corrected chi connectivity index (χ0v) is 19.5. The summed E-state index contributed by atoms with van der Waals surface area (Å²) in [7, 11) is 0. The van der Waals surface area contributed by atoms with Crippen molar-refractivity contribution in [2.24, 2.45) is 0 Å². The summed E-state index contributed by atoms with van der Waals surface area (Å²) < 4.78 is 10.1. The van der Waals surface area contributed by atoms with Gasteiger partial charge in [-0.15, -0.1) is 11.3 Å². The number of thioether (sulfide) groups is 1. The number of aryl methyl sites for hydroxylation is 2. The van der Waals surface area contributed by atoms with Gasteiger partial charge in [0.2, 0.25) is 5.91 Å². The van der Waals surface area contributed by atoms with Crippen molar-refractivity contribution in [1.29, 1.82) is 5.26 Å². The fourth-order valence-corrected chi connectivity index (χ4v) is 4.63. The van der Waals surface area contributed by atoms with Crippen LogP contribution in [0.2, 0.25) is 0 Å². The van der Waals surface area contributed by atoms with Crippen LogP contribution < -0.4 is 5.32 Å². The monoisotopic (exact) mass is 462 g/mol. The number of thiophene rings is 1. The molecule has 0 saturated carbocycles. The quantitative estimate of drug-likeness (QED) is 0.356. The average Bonchev–Trinajstić information content (AvgIpc) is 3.02. The van der Waals surface area contributed by atoms with E-state index >= 15 is 0 Å². The molecule has 0 aromatic carbocycles. The van der Waals surface area contributed by atoms with Crippen LogP contribution in [-0.2, 0) is 14.3 Å². The molecular weight excluding hydrogens is 440 g/mol. The molecule has 0 saturated heterocycles. The van der Waals surface area contributed by atoms with Gasteiger partial charge in [-0.3, -0.25) is 4.79 Å². The van der Waals surface area contributed by atoms with Gasteiger partial charge in [-0.05, 0) is 40.2 Å². The maximum atomic E-state index is 12.6. The number of ether oxygens (including phenoxy) is 2. The Balaban J connectivity index is 2.26. The first kappa shape index (κ1) is 24.3. The van der Waals surface area contributed by atoms with Gasteiger partial charge in [0.15, 0.2) is 0 Å². The fourth-order valence-electron chi connectivity index (χ4n) is 2.65. The van der Waals surface area contributed by atoms with Crippen molar-refractivity contribution in [2.45, 2.75) is 39.6 Å². The van der Waals surface area contributed by atoms with Crippen molar-refractivity contribution in [1.82, 2.24) is 9.97 Å². The maximum Gasteiger partial charge on any atom is 0.348 e. The van der Waals surface area contributed by atoms with Crippen LogP contribution in [0.25, 0.3) is 0 Å². The molecular formula is C20H22N4O5S2. The molecule has 0 aliphatic rings. The number of hydrogen-bond acceptors (Lipinski definition) is 10. The minimum absolute atomic E-state index is 0.0570. The summed E-state index contributed by atoms with van der Waals surface area (Å²) in [4.78, 5) is 45.8. The fraction of sp³-hybridized carbons (Fsp3) is 0.400. The molecule has 2 heterocycles. The third kappa shape index (κ3) is 5.80. The Morgan fingerprint density at radius 3 is 2.35 bits per heavy atom. The molecule has 9 nitrogen and oxygen atoms in total. The second-order valence-corrected chi connectivity index (χ2v) is 8.17. The zero-order chi connectivity index (χ0) is 23.1. The SMILES string of the molecule is CCOC(=O)c1sc(NC(=O)CSc2nc(C)nc(C)c2C#N)c(C(=O)OCC)c1C. The first-order valence-electron chi connectivity index (χ1n) is 9.38.